The Morgan fingerprint density at radius 3 is 1.22 bits per heavy atom. The number of rotatable bonds is 5. The molecule has 0 saturated heterocycles. The summed E-state index contributed by atoms with van der Waals surface area (Å²) in [5.74, 6) is -0.555. The van der Waals surface area contributed by atoms with Gasteiger partial charge in [0.25, 0.3) is 0 Å². The molecule has 0 aromatic heterocycles. The standard InChI is InChI=1S/C20H19BO2/c22-21(23)20(18-14-8-3-9-15-18)19(16-10-4-1-5-11-16)17-12-6-2-7-13-17/h1-15,19-20,22-23H. The van der Waals surface area contributed by atoms with Crippen LogP contribution in [0.25, 0.3) is 0 Å². The highest BCUT2D eigenvalue weighted by Gasteiger charge is 2.35. The first-order chi connectivity index (χ1) is 11.3. The minimum absolute atomic E-state index is 0.125. The van der Waals surface area contributed by atoms with Crippen LogP contribution in [0.5, 0.6) is 0 Å². The Bertz CT molecular complexity index is 675. The highest BCUT2D eigenvalue weighted by molar-refractivity contribution is 6.43. The van der Waals surface area contributed by atoms with Gasteiger partial charge in [-0.15, -0.1) is 0 Å². The molecule has 0 aliphatic rings. The molecule has 2 N–H and O–H groups in total. The van der Waals surface area contributed by atoms with E-state index < -0.39 is 12.9 Å². The molecule has 0 bridgehead atoms. The van der Waals surface area contributed by atoms with E-state index >= 15 is 0 Å². The summed E-state index contributed by atoms with van der Waals surface area (Å²) >= 11 is 0. The smallest absolute Gasteiger partial charge is 0.427 e. The zero-order valence-electron chi connectivity index (χ0n) is 12.8. The van der Waals surface area contributed by atoms with Gasteiger partial charge >= 0.3 is 7.12 Å². The van der Waals surface area contributed by atoms with Crippen LogP contribution >= 0.6 is 0 Å². The summed E-state index contributed by atoms with van der Waals surface area (Å²) in [6.07, 6.45) is 0. The lowest BCUT2D eigenvalue weighted by atomic mass is 9.59. The van der Waals surface area contributed by atoms with Gasteiger partial charge in [0.2, 0.25) is 0 Å². The third-order valence-electron chi connectivity index (χ3n) is 4.18. The van der Waals surface area contributed by atoms with Crippen LogP contribution in [0, 0.1) is 0 Å². The summed E-state index contributed by atoms with van der Waals surface area (Å²) in [7, 11) is -1.44. The maximum atomic E-state index is 10.1. The van der Waals surface area contributed by atoms with Crippen LogP contribution in [0.3, 0.4) is 0 Å². The lowest BCUT2D eigenvalue weighted by Gasteiger charge is -2.28. The van der Waals surface area contributed by atoms with E-state index in [2.05, 4.69) is 0 Å². The van der Waals surface area contributed by atoms with E-state index in [1.807, 2.05) is 91.0 Å². The third-order valence-corrected chi connectivity index (χ3v) is 4.18. The molecule has 2 nitrogen and oxygen atoms in total. The Balaban J connectivity index is 2.13. The van der Waals surface area contributed by atoms with Crippen molar-refractivity contribution in [1.82, 2.24) is 0 Å². The van der Waals surface area contributed by atoms with Crippen LogP contribution in [0.4, 0.5) is 0 Å². The molecule has 3 aromatic rings. The molecule has 3 aromatic carbocycles. The predicted molar refractivity (Wildman–Crippen MR) is 94.1 cm³/mol. The average Bonchev–Trinajstić information content (AvgIpc) is 2.61. The molecule has 0 aliphatic heterocycles. The van der Waals surface area contributed by atoms with Crippen molar-refractivity contribution in [2.24, 2.45) is 0 Å². The van der Waals surface area contributed by atoms with E-state index in [9.17, 15) is 10.0 Å². The number of hydrogen-bond acceptors (Lipinski definition) is 2. The third kappa shape index (κ3) is 3.53. The molecule has 3 heteroatoms. The SMILES string of the molecule is OB(O)C(c1ccccc1)C(c1ccccc1)c1ccccc1. The van der Waals surface area contributed by atoms with E-state index in [0.717, 1.165) is 16.7 Å². The molecule has 3 rings (SSSR count). The second-order valence-corrected chi connectivity index (χ2v) is 5.65. The highest BCUT2D eigenvalue weighted by Crippen LogP contribution is 2.38. The van der Waals surface area contributed by atoms with Gasteiger partial charge in [-0.2, -0.15) is 0 Å². The first-order valence-electron chi connectivity index (χ1n) is 7.78. The van der Waals surface area contributed by atoms with Gasteiger partial charge in [0.1, 0.15) is 0 Å². The Morgan fingerprint density at radius 2 is 0.870 bits per heavy atom. The summed E-state index contributed by atoms with van der Waals surface area (Å²) in [6, 6.07) is 29.7. The maximum absolute atomic E-state index is 10.1. The van der Waals surface area contributed by atoms with Crippen LogP contribution in [0.1, 0.15) is 28.4 Å². The molecule has 1 atom stereocenters. The maximum Gasteiger partial charge on any atom is 0.460 e. The molecule has 0 radical (unpaired) electrons. The van der Waals surface area contributed by atoms with Gasteiger partial charge in [-0.25, -0.2) is 0 Å². The van der Waals surface area contributed by atoms with Crippen molar-refractivity contribution >= 4 is 7.12 Å². The van der Waals surface area contributed by atoms with Crippen molar-refractivity contribution in [1.29, 1.82) is 0 Å². The molecule has 0 spiro atoms. The summed E-state index contributed by atoms with van der Waals surface area (Å²) in [4.78, 5) is 0. The van der Waals surface area contributed by atoms with Crippen molar-refractivity contribution < 1.29 is 10.0 Å². The van der Waals surface area contributed by atoms with Crippen LogP contribution < -0.4 is 0 Å². The van der Waals surface area contributed by atoms with Crippen molar-refractivity contribution in [3.8, 4) is 0 Å². The Hall–Kier alpha value is -2.36. The molecule has 23 heavy (non-hydrogen) atoms. The zero-order valence-corrected chi connectivity index (χ0v) is 12.8. The van der Waals surface area contributed by atoms with Gasteiger partial charge in [0.05, 0.1) is 0 Å². The molecule has 0 fully saturated rings. The van der Waals surface area contributed by atoms with Crippen LogP contribution in [0.15, 0.2) is 91.0 Å². The lowest BCUT2D eigenvalue weighted by Crippen LogP contribution is -2.29. The Morgan fingerprint density at radius 1 is 0.522 bits per heavy atom. The topological polar surface area (TPSA) is 40.5 Å². The highest BCUT2D eigenvalue weighted by atomic mass is 16.4. The summed E-state index contributed by atoms with van der Waals surface area (Å²) in [5.41, 5.74) is 3.06. The lowest BCUT2D eigenvalue weighted by molar-refractivity contribution is 0.380. The fraction of sp³-hybridized carbons (Fsp3) is 0.100. The zero-order chi connectivity index (χ0) is 16.1. The van der Waals surface area contributed by atoms with Crippen LogP contribution in [-0.4, -0.2) is 17.2 Å². The summed E-state index contributed by atoms with van der Waals surface area (Å²) in [5, 5.41) is 20.2. The first-order valence-corrected chi connectivity index (χ1v) is 7.78. The van der Waals surface area contributed by atoms with Crippen molar-refractivity contribution in [3.63, 3.8) is 0 Å². The monoisotopic (exact) mass is 302 g/mol. The molecule has 0 amide bonds. The normalized spacial score (nSPS) is 12.1. The summed E-state index contributed by atoms with van der Waals surface area (Å²) in [6.45, 7) is 0. The van der Waals surface area contributed by atoms with Gasteiger partial charge in [-0.1, -0.05) is 91.0 Å². The molecule has 114 valence electrons. The largest absolute Gasteiger partial charge is 0.460 e. The van der Waals surface area contributed by atoms with Gasteiger partial charge in [0, 0.05) is 11.7 Å². The fourth-order valence-electron chi connectivity index (χ4n) is 3.14. The van der Waals surface area contributed by atoms with E-state index in [-0.39, 0.29) is 5.92 Å². The Kier molecular flexibility index (Phi) is 4.91. The van der Waals surface area contributed by atoms with Crippen molar-refractivity contribution in [2.45, 2.75) is 11.7 Å². The second-order valence-electron chi connectivity index (χ2n) is 5.65. The average molecular weight is 302 g/mol. The number of benzene rings is 3. The minimum atomic E-state index is -1.44. The quantitative estimate of drug-likeness (QED) is 0.707. The molecular weight excluding hydrogens is 283 g/mol. The van der Waals surface area contributed by atoms with Crippen LogP contribution in [-0.2, 0) is 0 Å². The van der Waals surface area contributed by atoms with Gasteiger partial charge in [0.15, 0.2) is 0 Å². The molecule has 0 saturated carbocycles. The Labute approximate surface area is 137 Å². The molecular formula is C20H19BO2. The summed E-state index contributed by atoms with van der Waals surface area (Å²) < 4.78 is 0. The fourth-order valence-corrected chi connectivity index (χ4v) is 3.14. The van der Waals surface area contributed by atoms with E-state index in [4.69, 9.17) is 0 Å². The van der Waals surface area contributed by atoms with Crippen molar-refractivity contribution in [3.05, 3.63) is 108 Å². The first kappa shape index (κ1) is 15.5. The van der Waals surface area contributed by atoms with E-state index in [1.165, 1.54) is 0 Å². The molecule has 1 unspecified atom stereocenters. The number of hydrogen-bond donors (Lipinski definition) is 2. The van der Waals surface area contributed by atoms with Gasteiger partial charge in [-0.3, -0.25) is 0 Å². The van der Waals surface area contributed by atoms with Gasteiger partial charge < -0.3 is 10.0 Å². The molecule has 0 heterocycles. The minimum Gasteiger partial charge on any atom is -0.427 e. The second kappa shape index (κ2) is 7.27. The van der Waals surface area contributed by atoms with Crippen LogP contribution in [0.2, 0.25) is 0 Å². The van der Waals surface area contributed by atoms with E-state index in [0.29, 0.717) is 0 Å². The predicted octanol–water partition coefficient (Wildman–Crippen LogP) is 3.61. The van der Waals surface area contributed by atoms with Gasteiger partial charge in [-0.05, 0) is 16.7 Å². The van der Waals surface area contributed by atoms with E-state index in [1.54, 1.807) is 0 Å². The molecule has 0 aliphatic carbocycles. The van der Waals surface area contributed by atoms with Crippen molar-refractivity contribution in [2.75, 3.05) is 0 Å².